The van der Waals surface area contributed by atoms with E-state index in [-0.39, 0.29) is 5.41 Å². The van der Waals surface area contributed by atoms with Crippen molar-refractivity contribution in [2.75, 3.05) is 9.80 Å². The molecule has 0 N–H and O–H groups in total. The molecule has 0 bridgehead atoms. The highest BCUT2D eigenvalue weighted by Gasteiger charge is 2.54. The highest BCUT2D eigenvalue weighted by Crippen LogP contribution is 2.68. The third kappa shape index (κ3) is 7.02. The van der Waals surface area contributed by atoms with Crippen molar-refractivity contribution in [3.8, 4) is 55.6 Å². The van der Waals surface area contributed by atoms with Crippen LogP contribution in [0.1, 0.15) is 47.2 Å². The van der Waals surface area contributed by atoms with Crippen LogP contribution in [0.15, 0.2) is 299 Å². The van der Waals surface area contributed by atoms with Crippen LogP contribution in [0.25, 0.3) is 55.6 Å². The normalized spacial score (nSPS) is 15.2. The molecule has 0 aromatic heterocycles. The quantitative estimate of drug-likeness (QED) is 0.150. The summed E-state index contributed by atoms with van der Waals surface area (Å²) >= 11 is 3.83. The Balaban J connectivity index is 0.952. The molecule has 0 saturated carbocycles. The van der Waals surface area contributed by atoms with Crippen LogP contribution in [-0.4, -0.2) is 0 Å². The van der Waals surface area contributed by atoms with Gasteiger partial charge in [-0.15, -0.1) is 0 Å². The second kappa shape index (κ2) is 18.3. The first-order valence-electron chi connectivity index (χ1n) is 27.6. The zero-order chi connectivity index (χ0) is 53.1. The molecule has 0 saturated heterocycles. The van der Waals surface area contributed by atoms with Gasteiger partial charge in [0.05, 0.1) is 16.0 Å². The summed E-state index contributed by atoms with van der Waals surface area (Å²) in [6.07, 6.45) is 0. The van der Waals surface area contributed by atoms with Gasteiger partial charge in [0.25, 0.3) is 0 Å². The molecule has 1 heterocycles. The molecule has 0 amide bonds. The Labute approximate surface area is 476 Å². The molecule has 80 heavy (non-hydrogen) atoms. The minimum absolute atomic E-state index is 0.170. The summed E-state index contributed by atoms with van der Waals surface area (Å²) in [7, 11) is 0. The summed E-state index contributed by atoms with van der Waals surface area (Å²) in [4.78, 5) is 10.1. The number of hydrogen-bond donors (Lipinski definition) is 0. The second-order valence-electron chi connectivity index (χ2n) is 21.9. The minimum Gasteiger partial charge on any atom is -0.310 e. The molecule has 0 fully saturated rings. The first-order chi connectivity index (χ1) is 39.4. The summed E-state index contributed by atoms with van der Waals surface area (Å²) in [5.74, 6) is 0. The van der Waals surface area contributed by atoms with E-state index in [1.165, 1.54) is 114 Å². The molecule has 4 heteroatoms. The first kappa shape index (κ1) is 47.0. The van der Waals surface area contributed by atoms with E-state index >= 15 is 0 Å². The molecule has 3 aliphatic carbocycles. The van der Waals surface area contributed by atoms with Crippen molar-refractivity contribution in [3.05, 3.63) is 312 Å². The molecular formula is C76H52N2S2. The maximum Gasteiger partial charge on any atom is 0.0727 e. The van der Waals surface area contributed by atoms with Crippen molar-refractivity contribution < 1.29 is 0 Å². The van der Waals surface area contributed by atoms with Gasteiger partial charge in [0, 0.05) is 54.1 Å². The summed E-state index contributed by atoms with van der Waals surface area (Å²) < 4.78 is 0. The Bertz CT molecular complexity index is 4440. The zero-order valence-corrected chi connectivity index (χ0v) is 45.9. The Morgan fingerprint density at radius 3 is 1.27 bits per heavy atom. The van der Waals surface area contributed by atoms with Crippen molar-refractivity contribution in [2.45, 2.75) is 44.3 Å². The van der Waals surface area contributed by atoms with Crippen molar-refractivity contribution >= 4 is 57.6 Å². The molecule has 12 aromatic carbocycles. The minimum atomic E-state index is -0.663. The van der Waals surface area contributed by atoms with E-state index < -0.39 is 5.41 Å². The molecule has 2 nitrogen and oxygen atoms in total. The van der Waals surface area contributed by atoms with Gasteiger partial charge in [0.2, 0.25) is 0 Å². The van der Waals surface area contributed by atoms with E-state index in [2.05, 4.69) is 303 Å². The van der Waals surface area contributed by atoms with Gasteiger partial charge in [-0.25, -0.2) is 0 Å². The van der Waals surface area contributed by atoms with Gasteiger partial charge < -0.3 is 9.80 Å². The van der Waals surface area contributed by atoms with Crippen molar-refractivity contribution in [1.82, 2.24) is 0 Å². The molecule has 12 aromatic rings. The predicted molar refractivity (Wildman–Crippen MR) is 335 cm³/mol. The Hall–Kier alpha value is -9.06. The highest BCUT2D eigenvalue weighted by molar-refractivity contribution is 8.05. The highest BCUT2D eigenvalue weighted by atomic mass is 32.2. The fraction of sp³-hybridized carbons (Fsp3) is 0.0526. The van der Waals surface area contributed by atoms with E-state index in [4.69, 9.17) is 0 Å². The zero-order valence-electron chi connectivity index (χ0n) is 44.3. The summed E-state index contributed by atoms with van der Waals surface area (Å²) in [5, 5.41) is 0. The van der Waals surface area contributed by atoms with Crippen molar-refractivity contribution in [2.24, 2.45) is 0 Å². The van der Waals surface area contributed by atoms with Gasteiger partial charge in [-0.1, -0.05) is 238 Å². The monoisotopic (exact) mass is 1060 g/mol. The number of fused-ring (bicyclic) bond motifs is 16. The number of rotatable bonds is 8. The lowest BCUT2D eigenvalue weighted by Crippen LogP contribution is -2.27. The third-order valence-electron chi connectivity index (χ3n) is 17.3. The average Bonchev–Trinajstić information content (AvgIpc) is 2.53. The molecule has 1 aliphatic heterocycles. The van der Waals surface area contributed by atoms with E-state index in [9.17, 15) is 0 Å². The topological polar surface area (TPSA) is 6.48 Å². The number of para-hydroxylation sites is 1. The van der Waals surface area contributed by atoms with Crippen molar-refractivity contribution in [1.29, 1.82) is 0 Å². The Morgan fingerprint density at radius 1 is 0.275 bits per heavy atom. The largest absolute Gasteiger partial charge is 0.310 e. The van der Waals surface area contributed by atoms with Crippen LogP contribution in [-0.2, 0) is 10.8 Å². The van der Waals surface area contributed by atoms with E-state index in [1.807, 2.05) is 23.5 Å². The maximum absolute atomic E-state index is 2.59. The van der Waals surface area contributed by atoms with Crippen LogP contribution >= 0.6 is 23.5 Å². The average molecular weight is 1060 g/mol. The standard InChI is InChI=1S/C76H52N2S2/c1-75(2)63-29-15-12-26-58(63)60-44-42-56(46-66(60)75)77(54-38-34-51(35-39-54)49-20-6-3-7-21-49)57-43-45-61-59-27-13-16-30-64(59)76(67(61)47-57)65-31-17-14-28-62(65)72-68(76)48-69(73-74(72)80-71-33-19-18-32-70(71)79-73)78(53-24-10-5-11-25-53)55-40-36-52(37-41-55)50-22-8-4-9-23-50/h3-48H,1-2H3. The van der Waals surface area contributed by atoms with E-state index in [1.54, 1.807) is 0 Å². The molecule has 0 radical (unpaired) electrons. The number of hydrogen-bond acceptors (Lipinski definition) is 4. The second-order valence-corrected chi connectivity index (χ2v) is 24.0. The molecule has 1 unspecified atom stereocenters. The molecule has 4 aliphatic rings. The van der Waals surface area contributed by atoms with Crippen molar-refractivity contribution in [3.63, 3.8) is 0 Å². The number of benzene rings is 12. The van der Waals surface area contributed by atoms with Gasteiger partial charge in [-0.3, -0.25) is 0 Å². The SMILES string of the molecule is CC1(C)c2ccccc2-c2ccc(N(c3ccc(-c4ccccc4)cc3)c3ccc4c(c3)C3(c5ccccc5-4)c4ccccc4-c4c3cc(N(c3ccccc3)c3ccc(-c5ccccc5)cc3)c3c4Sc4ccccc4S3)cc21. The number of anilines is 6. The van der Waals surface area contributed by atoms with Gasteiger partial charge in [0.15, 0.2) is 0 Å². The number of nitrogens with zero attached hydrogens (tertiary/aromatic N) is 2. The summed E-state index contributed by atoms with van der Waals surface area (Å²) in [5.41, 5.74) is 26.4. The lowest BCUT2D eigenvalue weighted by molar-refractivity contribution is 0.660. The Morgan fingerprint density at radius 2 is 0.675 bits per heavy atom. The van der Waals surface area contributed by atoms with Crippen LogP contribution in [0.3, 0.4) is 0 Å². The molecule has 378 valence electrons. The fourth-order valence-corrected chi connectivity index (χ4v) is 16.2. The van der Waals surface area contributed by atoms with Gasteiger partial charge in [-0.05, 0) is 162 Å². The molecule has 1 atom stereocenters. The molecular weight excluding hydrogens is 1000 g/mol. The summed E-state index contributed by atoms with van der Waals surface area (Å²) in [6, 6.07) is 104. The lowest BCUT2D eigenvalue weighted by Gasteiger charge is -2.35. The smallest absolute Gasteiger partial charge is 0.0727 e. The fourth-order valence-electron chi connectivity index (χ4n) is 13.7. The first-order valence-corrected chi connectivity index (χ1v) is 29.3. The Kier molecular flexibility index (Phi) is 10.7. The van der Waals surface area contributed by atoms with Crippen LogP contribution < -0.4 is 9.80 Å². The van der Waals surface area contributed by atoms with Crippen LogP contribution in [0.5, 0.6) is 0 Å². The molecule has 16 rings (SSSR count). The maximum atomic E-state index is 2.59. The summed E-state index contributed by atoms with van der Waals surface area (Å²) in [6.45, 7) is 4.76. The van der Waals surface area contributed by atoms with Gasteiger partial charge in [-0.2, -0.15) is 0 Å². The van der Waals surface area contributed by atoms with E-state index in [0.717, 1.165) is 28.4 Å². The molecule has 1 spiro atoms. The lowest BCUT2D eigenvalue weighted by atomic mass is 9.70. The van der Waals surface area contributed by atoms with E-state index in [0.29, 0.717) is 0 Å². The van der Waals surface area contributed by atoms with Crippen LogP contribution in [0, 0.1) is 0 Å². The van der Waals surface area contributed by atoms with Gasteiger partial charge in [0.1, 0.15) is 0 Å². The van der Waals surface area contributed by atoms with Crippen LogP contribution in [0.4, 0.5) is 34.1 Å². The van der Waals surface area contributed by atoms with Gasteiger partial charge >= 0.3 is 0 Å². The van der Waals surface area contributed by atoms with Crippen LogP contribution in [0.2, 0.25) is 0 Å². The predicted octanol–water partition coefficient (Wildman–Crippen LogP) is 21.2. The third-order valence-corrected chi connectivity index (χ3v) is 20.0.